The Labute approximate surface area is 148 Å². The molecule has 1 heteroatoms. The molecule has 0 amide bonds. The van der Waals surface area contributed by atoms with Gasteiger partial charge in [-0.1, -0.05) is 78.4 Å². The summed E-state index contributed by atoms with van der Waals surface area (Å²) in [4.78, 5) is 13.4. The van der Waals surface area contributed by atoms with Crippen molar-refractivity contribution in [1.82, 2.24) is 0 Å². The first-order chi connectivity index (χ1) is 12.2. The van der Waals surface area contributed by atoms with Crippen LogP contribution in [0.2, 0.25) is 0 Å². The fourth-order valence-electron chi connectivity index (χ4n) is 3.61. The minimum Gasteiger partial charge on any atom is -0.289 e. The molecule has 0 N–H and O–H groups in total. The lowest BCUT2D eigenvalue weighted by Crippen LogP contribution is -2.06. The van der Waals surface area contributed by atoms with Crippen LogP contribution in [0.1, 0.15) is 41.8 Å². The van der Waals surface area contributed by atoms with E-state index in [9.17, 15) is 4.79 Å². The van der Waals surface area contributed by atoms with Crippen LogP contribution in [0.25, 0.3) is 16.3 Å². The molecule has 122 valence electrons. The molecule has 0 radical (unpaired) electrons. The summed E-state index contributed by atoms with van der Waals surface area (Å²) in [5, 5.41) is 2.13. The van der Waals surface area contributed by atoms with Crippen LogP contribution in [0.3, 0.4) is 0 Å². The van der Waals surface area contributed by atoms with Crippen molar-refractivity contribution in [3.63, 3.8) is 0 Å². The van der Waals surface area contributed by atoms with Crippen LogP contribution in [-0.4, -0.2) is 5.78 Å². The molecule has 1 nitrogen and oxygen atoms in total. The van der Waals surface area contributed by atoms with Crippen molar-refractivity contribution in [3.05, 3.63) is 101 Å². The number of carbonyl (C=O) groups excluding carboxylic acids is 1. The van der Waals surface area contributed by atoms with Crippen molar-refractivity contribution in [2.45, 2.75) is 20.3 Å². The standard InChI is InChI=1S/C24H20O/c1-16-12-14-20(17(16)2)22-15-13-18-8-6-7-11-21(18)23(22)24(25)19-9-4-3-5-10-19/h3-13,15H,14H2,1-2H3. The third-order valence-corrected chi connectivity index (χ3v) is 5.17. The largest absolute Gasteiger partial charge is 0.289 e. The molecule has 0 unspecified atom stereocenters. The van der Waals surface area contributed by atoms with E-state index < -0.39 is 0 Å². The molecular formula is C24H20O. The van der Waals surface area contributed by atoms with E-state index in [0.29, 0.717) is 0 Å². The Hall–Kier alpha value is -2.93. The van der Waals surface area contributed by atoms with E-state index in [4.69, 9.17) is 0 Å². The van der Waals surface area contributed by atoms with Gasteiger partial charge in [-0.15, -0.1) is 0 Å². The Bertz CT molecular complexity index is 1040. The average Bonchev–Trinajstić information content (AvgIpc) is 3.00. The van der Waals surface area contributed by atoms with Crippen LogP contribution >= 0.6 is 0 Å². The zero-order valence-corrected chi connectivity index (χ0v) is 14.5. The van der Waals surface area contributed by atoms with Crippen LogP contribution in [-0.2, 0) is 0 Å². The summed E-state index contributed by atoms with van der Waals surface area (Å²) in [5.74, 6) is 0.0947. The predicted molar refractivity (Wildman–Crippen MR) is 105 cm³/mol. The second kappa shape index (κ2) is 6.18. The quantitative estimate of drug-likeness (QED) is 0.525. The maximum Gasteiger partial charge on any atom is 0.194 e. The van der Waals surface area contributed by atoms with Gasteiger partial charge in [0.1, 0.15) is 0 Å². The van der Waals surface area contributed by atoms with Crippen molar-refractivity contribution in [2.75, 3.05) is 0 Å². The predicted octanol–water partition coefficient (Wildman–Crippen LogP) is 6.19. The Morgan fingerprint density at radius 1 is 0.840 bits per heavy atom. The number of hydrogen-bond acceptors (Lipinski definition) is 1. The smallest absolute Gasteiger partial charge is 0.194 e. The highest BCUT2D eigenvalue weighted by molar-refractivity contribution is 6.19. The van der Waals surface area contributed by atoms with Gasteiger partial charge in [0.05, 0.1) is 0 Å². The molecule has 0 spiro atoms. The van der Waals surface area contributed by atoms with Crippen LogP contribution in [0.4, 0.5) is 0 Å². The van der Waals surface area contributed by atoms with Crippen LogP contribution in [0.5, 0.6) is 0 Å². The SMILES string of the molecule is CC1=CCC(c2ccc3ccccc3c2C(=O)c2ccccc2)=C1C. The second-order valence-electron chi connectivity index (χ2n) is 6.60. The van der Waals surface area contributed by atoms with Crippen molar-refractivity contribution in [3.8, 4) is 0 Å². The first-order valence-corrected chi connectivity index (χ1v) is 8.65. The highest BCUT2D eigenvalue weighted by Gasteiger charge is 2.22. The summed E-state index contributed by atoms with van der Waals surface area (Å²) in [6.07, 6.45) is 3.14. The fourth-order valence-corrected chi connectivity index (χ4v) is 3.61. The zero-order chi connectivity index (χ0) is 17.4. The Morgan fingerprint density at radius 3 is 2.28 bits per heavy atom. The number of rotatable bonds is 3. The normalized spacial score (nSPS) is 14.1. The first-order valence-electron chi connectivity index (χ1n) is 8.65. The van der Waals surface area contributed by atoms with Gasteiger partial charge in [-0.2, -0.15) is 0 Å². The molecule has 1 aliphatic carbocycles. The molecular weight excluding hydrogens is 304 g/mol. The Kier molecular flexibility index (Phi) is 3.85. The molecule has 1 aliphatic rings. The Morgan fingerprint density at radius 2 is 1.56 bits per heavy atom. The lowest BCUT2D eigenvalue weighted by Gasteiger charge is -2.15. The van der Waals surface area contributed by atoms with Gasteiger partial charge in [-0.3, -0.25) is 4.79 Å². The maximum atomic E-state index is 13.4. The molecule has 0 aromatic heterocycles. The second-order valence-corrected chi connectivity index (χ2v) is 6.60. The van der Waals surface area contributed by atoms with E-state index in [1.807, 2.05) is 42.5 Å². The monoisotopic (exact) mass is 324 g/mol. The number of allylic oxidation sites excluding steroid dienone is 4. The van der Waals surface area contributed by atoms with Gasteiger partial charge in [0.25, 0.3) is 0 Å². The summed E-state index contributed by atoms with van der Waals surface area (Å²) in [6, 6.07) is 22.0. The molecule has 3 aromatic carbocycles. The number of fused-ring (bicyclic) bond motifs is 1. The summed E-state index contributed by atoms with van der Waals surface area (Å²) in [5.41, 5.74) is 6.49. The first kappa shape index (κ1) is 15.6. The van der Waals surface area contributed by atoms with Crippen molar-refractivity contribution in [1.29, 1.82) is 0 Å². The number of ketones is 1. The number of carbonyl (C=O) groups is 1. The molecule has 25 heavy (non-hydrogen) atoms. The van der Waals surface area contributed by atoms with Crippen LogP contribution in [0.15, 0.2) is 84.0 Å². The van der Waals surface area contributed by atoms with E-state index >= 15 is 0 Å². The van der Waals surface area contributed by atoms with Gasteiger partial charge in [0.2, 0.25) is 0 Å². The van der Waals surface area contributed by atoms with Gasteiger partial charge in [0, 0.05) is 11.1 Å². The van der Waals surface area contributed by atoms with E-state index in [-0.39, 0.29) is 5.78 Å². The van der Waals surface area contributed by atoms with E-state index in [0.717, 1.165) is 33.9 Å². The van der Waals surface area contributed by atoms with Gasteiger partial charge >= 0.3 is 0 Å². The molecule has 4 rings (SSSR count). The van der Waals surface area contributed by atoms with Crippen molar-refractivity contribution >= 4 is 22.1 Å². The third-order valence-electron chi connectivity index (χ3n) is 5.17. The van der Waals surface area contributed by atoms with E-state index in [2.05, 4.69) is 44.2 Å². The highest BCUT2D eigenvalue weighted by Crippen LogP contribution is 2.37. The highest BCUT2D eigenvalue weighted by atomic mass is 16.1. The van der Waals surface area contributed by atoms with Crippen LogP contribution in [0, 0.1) is 0 Å². The minimum atomic E-state index is 0.0947. The summed E-state index contributed by atoms with van der Waals surface area (Å²) in [7, 11) is 0. The molecule has 0 saturated heterocycles. The lowest BCUT2D eigenvalue weighted by molar-refractivity contribution is 0.104. The van der Waals surface area contributed by atoms with E-state index in [1.54, 1.807) is 0 Å². The zero-order valence-electron chi connectivity index (χ0n) is 14.5. The summed E-state index contributed by atoms with van der Waals surface area (Å²) >= 11 is 0. The summed E-state index contributed by atoms with van der Waals surface area (Å²) < 4.78 is 0. The molecule has 0 heterocycles. The minimum absolute atomic E-state index is 0.0947. The molecule has 0 aliphatic heterocycles. The number of benzene rings is 3. The van der Waals surface area contributed by atoms with Gasteiger partial charge < -0.3 is 0 Å². The fraction of sp³-hybridized carbons (Fsp3) is 0.125. The van der Waals surface area contributed by atoms with Crippen molar-refractivity contribution < 1.29 is 4.79 Å². The van der Waals surface area contributed by atoms with Gasteiger partial charge in [-0.05, 0) is 47.8 Å². The number of hydrogen-bond donors (Lipinski definition) is 0. The van der Waals surface area contributed by atoms with E-state index in [1.165, 1.54) is 16.7 Å². The van der Waals surface area contributed by atoms with Gasteiger partial charge in [0.15, 0.2) is 5.78 Å². The molecule has 0 bridgehead atoms. The molecule has 0 saturated carbocycles. The summed E-state index contributed by atoms with van der Waals surface area (Å²) in [6.45, 7) is 4.29. The third kappa shape index (κ3) is 2.62. The maximum absolute atomic E-state index is 13.4. The van der Waals surface area contributed by atoms with Gasteiger partial charge in [-0.25, -0.2) is 0 Å². The topological polar surface area (TPSA) is 17.1 Å². The van der Waals surface area contributed by atoms with Crippen molar-refractivity contribution in [2.24, 2.45) is 0 Å². The lowest BCUT2D eigenvalue weighted by atomic mass is 9.87. The Balaban J connectivity index is 2.00. The molecule has 0 fully saturated rings. The van der Waals surface area contributed by atoms with Crippen LogP contribution < -0.4 is 0 Å². The molecule has 3 aromatic rings. The molecule has 0 atom stereocenters. The average molecular weight is 324 g/mol.